The van der Waals surface area contributed by atoms with Crippen LogP contribution in [0, 0.1) is 0 Å². The Kier molecular flexibility index (Phi) is 4.82. The van der Waals surface area contributed by atoms with Crippen LogP contribution in [-0.2, 0) is 4.79 Å². The smallest absolute Gasteiger partial charge is 0.242 e. The van der Waals surface area contributed by atoms with Crippen LogP contribution in [0.4, 0.5) is 5.69 Å². The summed E-state index contributed by atoms with van der Waals surface area (Å²) < 4.78 is 1.04. The number of para-hydroxylation sites is 1. The molecule has 0 saturated carbocycles. The summed E-state index contributed by atoms with van der Waals surface area (Å²) in [6, 6.07) is 8.33. The number of likely N-dealkylation sites (N-methyl/N-ethyl adjacent to an activating group) is 1. The highest BCUT2D eigenvalue weighted by Crippen LogP contribution is 2.28. The fourth-order valence-electron chi connectivity index (χ4n) is 2.41. The third-order valence-electron chi connectivity index (χ3n) is 3.62. The standard InChI is InChI=1S/C14H20BrN3O/c1-16-8-7-11-9-18(10-14(19)17(11)2)13-6-4-3-5-12(13)15/h3-6,11,16H,7-10H2,1-2H3. The summed E-state index contributed by atoms with van der Waals surface area (Å²) in [6.45, 7) is 2.26. The maximum atomic E-state index is 12.1. The van der Waals surface area contributed by atoms with Gasteiger partial charge in [-0.2, -0.15) is 0 Å². The van der Waals surface area contributed by atoms with E-state index >= 15 is 0 Å². The van der Waals surface area contributed by atoms with E-state index in [9.17, 15) is 4.79 Å². The molecule has 0 aromatic heterocycles. The van der Waals surface area contributed by atoms with Crippen LogP contribution in [-0.4, -0.2) is 50.6 Å². The Hall–Kier alpha value is -1.07. The first kappa shape index (κ1) is 14.3. The average molecular weight is 326 g/mol. The molecule has 1 atom stereocenters. The molecule has 0 bridgehead atoms. The molecular formula is C14H20BrN3O. The number of carbonyl (C=O) groups is 1. The topological polar surface area (TPSA) is 35.6 Å². The summed E-state index contributed by atoms with van der Waals surface area (Å²) in [6.07, 6.45) is 0.972. The Balaban J connectivity index is 2.15. The second kappa shape index (κ2) is 6.39. The van der Waals surface area contributed by atoms with Crippen molar-refractivity contribution in [2.45, 2.75) is 12.5 Å². The van der Waals surface area contributed by atoms with Crippen LogP contribution in [0.3, 0.4) is 0 Å². The first-order valence-corrected chi connectivity index (χ1v) is 7.32. The van der Waals surface area contributed by atoms with Crippen molar-refractivity contribution in [2.24, 2.45) is 0 Å². The highest BCUT2D eigenvalue weighted by atomic mass is 79.9. The summed E-state index contributed by atoms with van der Waals surface area (Å²) in [5.41, 5.74) is 1.10. The molecule has 0 radical (unpaired) electrons. The van der Waals surface area contributed by atoms with Crippen LogP contribution in [0.1, 0.15) is 6.42 Å². The van der Waals surface area contributed by atoms with Crippen LogP contribution in [0.5, 0.6) is 0 Å². The van der Waals surface area contributed by atoms with Crippen LogP contribution < -0.4 is 10.2 Å². The molecule has 1 amide bonds. The van der Waals surface area contributed by atoms with Crippen molar-refractivity contribution in [3.05, 3.63) is 28.7 Å². The second-order valence-corrected chi connectivity index (χ2v) is 5.74. The maximum absolute atomic E-state index is 12.1. The van der Waals surface area contributed by atoms with Crippen molar-refractivity contribution in [3.8, 4) is 0 Å². The molecular weight excluding hydrogens is 306 g/mol. The van der Waals surface area contributed by atoms with Gasteiger partial charge in [0.2, 0.25) is 5.91 Å². The van der Waals surface area contributed by atoms with Gasteiger partial charge < -0.3 is 15.1 Å². The molecule has 0 aliphatic carbocycles. The van der Waals surface area contributed by atoms with Crippen molar-refractivity contribution in [3.63, 3.8) is 0 Å². The number of benzene rings is 1. The first-order chi connectivity index (χ1) is 9.13. The van der Waals surface area contributed by atoms with E-state index in [0.29, 0.717) is 6.54 Å². The van der Waals surface area contributed by atoms with E-state index in [0.717, 1.165) is 29.7 Å². The quantitative estimate of drug-likeness (QED) is 0.915. The molecule has 1 aromatic rings. The summed E-state index contributed by atoms with van der Waals surface area (Å²) in [5.74, 6) is 0.183. The van der Waals surface area contributed by atoms with E-state index in [1.807, 2.05) is 37.2 Å². The summed E-state index contributed by atoms with van der Waals surface area (Å²) in [4.78, 5) is 16.2. The molecule has 104 valence electrons. The SMILES string of the molecule is CNCCC1CN(c2ccccc2Br)CC(=O)N1C. The minimum absolute atomic E-state index is 0.183. The van der Waals surface area contributed by atoms with Crippen molar-refractivity contribution in [2.75, 3.05) is 38.6 Å². The summed E-state index contributed by atoms with van der Waals surface area (Å²) in [5, 5.41) is 3.15. The van der Waals surface area contributed by atoms with Gasteiger partial charge in [-0.1, -0.05) is 12.1 Å². The lowest BCUT2D eigenvalue weighted by Crippen LogP contribution is -2.55. The Labute approximate surface area is 122 Å². The van der Waals surface area contributed by atoms with Gasteiger partial charge in [-0.3, -0.25) is 4.79 Å². The lowest BCUT2D eigenvalue weighted by atomic mass is 10.1. The van der Waals surface area contributed by atoms with E-state index in [-0.39, 0.29) is 11.9 Å². The number of carbonyl (C=O) groups excluding carboxylic acids is 1. The molecule has 1 unspecified atom stereocenters. The number of amides is 1. The van der Waals surface area contributed by atoms with Crippen molar-refractivity contribution in [1.29, 1.82) is 0 Å². The average Bonchev–Trinajstić information content (AvgIpc) is 2.41. The van der Waals surface area contributed by atoms with Crippen LogP contribution in [0.25, 0.3) is 0 Å². The van der Waals surface area contributed by atoms with Crippen LogP contribution in [0.15, 0.2) is 28.7 Å². The van der Waals surface area contributed by atoms with Crippen LogP contribution in [0.2, 0.25) is 0 Å². The second-order valence-electron chi connectivity index (χ2n) is 4.88. The Morgan fingerprint density at radius 1 is 1.42 bits per heavy atom. The van der Waals surface area contributed by atoms with E-state index in [1.54, 1.807) is 0 Å². The van der Waals surface area contributed by atoms with Gasteiger partial charge in [0, 0.05) is 18.1 Å². The maximum Gasteiger partial charge on any atom is 0.242 e. The Morgan fingerprint density at radius 3 is 2.84 bits per heavy atom. The van der Waals surface area contributed by atoms with Crippen LogP contribution >= 0.6 is 15.9 Å². The predicted octanol–water partition coefficient (Wildman–Crippen LogP) is 1.71. The lowest BCUT2D eigenvalue weighted by molar-refractivity contribution is -0.132. The largest absolute Gasteiger partial charge is 0.359 e. The fourth-order valence-corrected chi connectivity index (χ4v) is 2.94. The molecule has 1 saturated heterocycles. The molecule has 1 aliphatic heterocycles. The Bertz CT molecular complexity index is 452. The number of piperazine rings is 1. The predicted molar refractivity (Wildman–Crippen MR) is 81.5 cm³/mol. The third kappa shape index (κ3) is 3.28. The molecule has 2 rings (SSSR count). The van der Waals surface area contributed by atoms with Gasteiger partial charge in [-0.05, 0) is 48.1 Å². The lowest BCUT2D eigenvalue weighted by Gasteiger charge is -2.40. The number of anilines is 1. The van der Waals surface area contributed by atoms with E-state index in [2.05, 4.69) is 32.2 Å². The summed E-state index contributed by atoms with van der Waals surface area (Å²) >= 11 is 3.56. The number of nitrogens with one attached hydrogen (secondary N) is 1. The molecule has 0 spiro atoms. The molecule has 5 heteroatoms. The molecule has 1 N–H and O–H groups in total. The van der Waals surface area contributed by atoms with Gasteiger partial charge >= 0.3 is 0 Å². The molecule has 19 heavy (non-hydrogen) atoms. The molecule has 1 aliphatic rings. The minimum atomic E-state index is 0.183. The van der Waals surface area contributed by atoms with Gasteiger partial charge in [0.05, 0.1) is 18.3 Å². The number of nitrogens with zero attached hydrogens (tertiary/aromatic N) is 2. The molecule has 1 fully saturated rings. The zero-order chi connectivity index (χ0) is 13.8. The molecule has 4 nitrogen and oxygen atoms in total. The highest BCUT2D eigenvalue weighted by Gasteiger charge is 2.30. The molecule has 1 heterocycles. The van der Waals surface area contributed by atoms with Crippen molar-refractivity contribution < 1.29 is 4.79 Å². The monoisotopic (exact) mass is 325 g/mol. The zero-order valence-corrected chi connectivity index (χ0v) is 13.0. The van der Waals surface area contributed by atoms with E-state index in [1.165, 1.54) is 0 Å². The number of rotatable bonds is 4. The van der Waals surface area contributed by atoms with Gasteiger partial charge in [0.15, 0.2) is 0 Å². The van der Waals surface area contributed by atoms with E-state index < -0.39 is 0 Å². The summed E-state index contributed by atoms with van der Waals surface area (Å²) in [7, 11) is 3.84. The van der Waals surface area contributed by atoms with Gasteiger partial charge in [0.1, 0.15) is 0 Å². The van der Waals surface area contributed by atoms with E-state index in [4.69, 9.17) is 0 Å². The number of halogens is 1. The van der Waals surface area contributed by atoms with Gasteiger partial charge in [-0.15, -0.1) is 0 Å². The third-order valence-corrected chi connectivity index (χ3v) is 4.29. The highest BCUT2D eigenvalue weighted by molar-refractivity contribution is 9.10. The number of hydrogen-bond donors (Lipinski definition) is 1. The van der Waals surface area contributed by atoms with Crippen molar-refractivity contribution in [1.82, 2.24) is 10.2 Å². The van der Waals surface area contributed by atoms with Gasteiger partial charge in [0.25, 0.3) is 0 Å². The fraction of sp³-hybridized carbons (Fsp3) is 0.500. The number of hydrogen-bond acceptors (Lipinski definition) is 3. The normalized spacial score (nSPS) is 19.9. The van der Waals surface area contributed by atoms with Gasteiger partial charge in [-0.25, -0.2) is 0 Å². The Morgan fingerprint density at radius 2 is 2.16 bits per heavy atom. The molecule has 1 aromatic carbocycles. The minimum Gasteiger partial charge on any atom is -0.359 e. The zero-order valence-electron chi connectivity index (χ0n) is 11.4. The van der Waals surface area contributed by atoms with Crippen molar-refractivity contribution >= 4 is 27.5 Å². The first-order valence-electron chi connectivity index (χ1n) is 6.53.